The summed E-state index contributed by atoms with van der Waals surface area (Å²) in [7, 11) is 1.67. The summed E-state index contributed by atoms with van der Waals surface area (Å²) in [6, 6.07) is 20.8. The van der Waals surface area contributed by atoms with E-state index >= 15 is 0 Å². The molecule has 4 heteroatoms. The fourth-order valence-corrected chi connectivity index (χ4v) is 4.69. The second-order valence-electron chi connectivity index (χ2n) is 7.80. The van der Waals surface area contributed by atoms with Crippen molar-refractivity contribution in [1.82, 2.24) is 4.90 Å². The molecule has 0 aliphatic carbocycles. The van der Waals surface area contributed by atoms with E-state index in [1.54, 1.807) is 7.11 Å². The van der Waals surface area contributed by atoms with Gasteiger partial charge in [-0.3, -0.25) is 4.79 Å². The molecule has 0 saturated carbocycles. The minimum Gasteiger partial charge on any atom is -0.496 e. The van der Waals surface area contributed by atoms with Crippen LogP contribution in [0.25, 0.3) is 10.8 Å². The molecule has 1 amide bonds. The predicted molar refractivity (Wildman–Crippen MR) is 121 cm³/mol. The SMILES string of the molecule is COc1ccc2cc(Br)ccc2c1CC(=O)N1CCC(Cc2ccccc2)CC1. The van der Waals surface area contributed by atoms with Crippen molar-refractivity contribution in [3.8, 4) is 5.75 Å². The molecule has 1 fully saturated rings. The maximum absolute atomic E-state index is 13.1. The van der Waals surface area contributed by atoms with Crippen LogP contribution in [0.1, 0.15) is 24.0 Å². The molecule has 1 saturated heterocycles. The lowest BCUT2D eigenvalue weighted by Gasteiger charge is -2.32. The molecule has 150 valence electrons. The number of carbonyl (C=O) groups is 1. The van der Waals surface area contributed by atoms with Gasteiger partial charge in [-0.1, -0.05) is 58.4 Å². The van der Waals surface area contributed by atoms with Gasteiger partial charge in [0.2, 0.25) is 5.91 Å². The van der Waals surface area contributed by atoms with Crippen LogP contribution in [0.4, 0.5) is 0 Å². The summed E-state index contributed by atoms with van der Waals surface area (Å²) in [5, 5.41) is 2.20. The van der Waals surface area contributed by atoms with Crippen molar-refractivity contribution in [2.24, 2.45) is 5.92 Å². The van der Waals surface area contributed by atoms with Crippen molar-refractivity contribution >= 4 is 32.6 Å². The minimum atomic E-state index is 0.192. The van der Waals surface area contributed by atoms with Crippen LogP contribution in [0.5, 0.6) is 5.75 Å². The summed E-state index contributed by atoms with van der Waals surface area (Å²) in [5.74, 6) is 1.63. The second kappa shape index (κ2) is 9.00. The van der Waals surface area contributed by atoms with Crippen molar-refractivity contribution in [3.63, 3.8) is 0 Å². The van der Waals surface area contributed by atoms with E-state index in [0.717, 1.165) is 58.9 Å². The van der Waals surface area contributed by atoms with Crippen LogP contribution >= 0.6 is 15.9 Å². The molecule has 0 unspecified atom stereocenters. The smallest absolute Gasteiger partial charge is 0.227 e. The van der Waals surface area contributed by atoms with Gasteiger partial charge in [-0.05, 0) is 59.7 Å². The van der Waals surface area contributed by atoms with E-state index < -0.39 is 0 Å². The highest BCUT2D eigenvalue weighted by Gasteiger charge is 2.24. The molecule has 0 N–H and O–H groups in total. The molecule has 1 heterocycles. The van der Waals surface area contributed by atoms with E-state index in [0.29, 0.717) is 12.3 Å². The zero-order valence-corrected chi connectivity index (χ0v) is 18.3. The van der Waals surface area contributed by atoms with Crippen LogP contribution < -0.4 is 4.74 Å². The highest BCUT2D eigenvalue weighted by molar-refractivity contribution is 9.10. The maximum atomic E-state index is 13.1. The van der Waals surface area contributed by atoms with E-state index in [9.17, 15) is 4.79 Å². The number of hydrogen-bond acceptors (Lipinski definition) is 2. The van der Waals surface area contributed by atoms with Crippen LogP contribution in [0.2, 0.25) is 0 Å². The molecule has 1 aliphatic rings. The van der Waals surface area contributed by atoms with Gasteiger partial charge < -0.3 is 9.64 Å². The van der Waals surface area contributed by atoms with Gasteiger partial charge in [-0.2, -0.15) is 0 Å². The molecular weight excluding hydrogens is 426 g/mol. The number of hydrogen-bond donors (Lipinski definition) is 0. The van der Waals surface area contributed by atoms with E-state index in [1.165, 1.54) is 5.56 Å². The molecule has 3 aromatic rings. The topological polar surface area (TPSA) is 29.5 Å². The van der Waals surface area contributed by atoms with Crippen molar-refractivity contribution < 1.29 is 9.53 Å². The van der Waals surface area contributed by atoms with Crippen molar-refractivity contribution in [3.05, 3.63) is 76.3 Å². The van der Waals surface area contributed by atoms with E-state index in [2.05, 4.69) is 58.4 Å². The normalized spacial score (nSPS) is 14.9. The second-order valence-corrected chi connectivity index (χ2v) is 8.72. The number of benzene rings is 3. The lowest BCUT2D eigenvalue weighted by Crippen LogP contribution is -2.39. The Morgan fingerprint density at radius 2 is 1.83 bits per heavy atom. The lowest BCUT2D eigenvalue weighted by molar-refractivity contribution is -0.131. The Morgan fingerprint density at radius 1 is 1.07 bits per heavy atom. The molecule has 0 atom stereocenters. The van der Waals surface area contributed by atoms with Gasteiger partial charge >= 0.3 is 0 Å². The van der Waals surface area contributed by atoms with Crippen LogP contribution in [0, 0.1) is 5.92 Å². The molecule has 0 bridgehead atoms. The number of fused-ring (bicyclic) bond motifs is 1. The summed E-state index contributed by atoms with van der Waals surface area (Å²) < 4.78 is 6.61. The average Bonchev–Trinajstić information content (AvgIpc) is 2.75. The molecule has 0 aromatic heterocycles. The average molecular weight is 452 g/mol. The summed E-state index contributed by atoms with van der Waals surface area (Å²) in [6.07, 6.45) is 3.63. The number of halogens is 1. The van der Waals surface area contributed by atoms with E-state index in [4.69, 9.17) is 4.74 Å². The summed E-state index contributed by atoms with van der Waals surface area (Å²) in [4.78, 5) is 15.1. The zero-order valence-electron chi connectivity index (χ0n) is 16.7. The van der Waals surface area contributed by atoms with Gasteiger partial charge in [-0.25, -0.2) is 0 Å². The van der Waals surface area contributed by atoms with Crippen molar-refractivity contribution in [2.45, 2.75) is 25.7 Å². The molecule has 1 aliphatic heterocycles. The molecule has 0 radical (unpaired) electrons. The number of nitrogens with zero attached hydrogens (tertiary/aromatic N) is 1. The fraction of sp³-hybridized carbons (Fsp3) is 0.320. The maximum Gasteiger partial charge on any atom is 0.227 e. The van der Waals surface area contributed by atoms with E-state index in [-0.39, 0.29) is 5.91 Å². The molecule has 0 spiro atoms. The number of rotatable bonds is 5. The van der Waals surface area contributed by atoms with Gasteiger partial charge in [-0.15, -0.1) is 0 Å². The highest BCUT2D eigenvalue weighted by atomic mass is 79.9. The minimum absolute atomic E-state index is 0.192. The third-order valence-corrected chi connectivity index (χ3v) is 6.43. The number of likely N-dealkylation sites (tertiary alicyclic amines) is 1. The Morgan fingerprint density at radius 3 is 2.55 bits per heavy atom. The third-order valence-electron chi connectivity index (χ3n) is 5.93. The zero-order chi connectivity index (χ0) is 20.2. The first kappa shape index (κ1) is 20.0. The number of amides is 1. The largest absolute Gasteiger partial charge is 0.496 e. The number of piperidine rings is 1. The summed E-state index contributed by atoms with van der Waals surface area (Å²) in [6.45, 7) is 1.68. The first-order valence-electron chi connectivity index (χ1n) is 10.2. The standard InChI is InChI=1S/C25H26BrNO2/c1-29-24-10-7-20-16-21(26)8-9-22(20)23(24)17-25(28)27-13-11-19(12-14-27)15-18-5-3-2-4-6-18/h2-10,16,19H,11-15,17H2,1H3. The quantitative estimate of drug-likeness (QED) is 0.502. The molecule has 4 rings (SSSR count). The van der Waals surface area contributed by atoms with Crippen molar-refractivity contribution in [2.75, 3.05) is 20.2 Å². The summed E-state index contributed by atoms with van der Waals surface area (Å²) >= 11 is 3.53. The Bertz CT molecular complexity index is 994. The van der Waals surface area contributed by atoms with Crippen LogP contribution in [-0.2, 0) is 17.6 Å². The number of carbonyl (C=O) groups excluding carboxylic acids is 1. The first-order valence-corrected chi connectivity index (χ1v) is 11.0. The fourth-order valence-electron chi connectivity index (χ4n) is 4.32. The lowest BCUT2D eigenvalue weighted by atomic mass is 9.90. The molecule has 3 nitrogen and oxygen atoms in total. The first-order chi connectivity index (χ1) is 14.1. The summed E-state index contributed by atoms with van der Waals surface area (Å²) in [5.41, 5.74) is 2.37. The Hall–Kier alpha value is -2.33. The van der Waals surface area contributed by atoms with Gasteiger partial charge in [0.15, 0.2) is 0 Å². The third kappa shape index (κ3) is 4.64. The van der Waals surface area contributed by atoms with Gasteiger partial charge in [0.05, 0.1) is 13.5 Å². The Kier molecular flexibility index (Phi) is 6.19. The Labute approximate surface area is 180 Å². The van der Waals surface area contributed by atoms with Crippen molar-refractivity contribution in [1.29, 1.82) is 0 Å². The van der Waals surface area contributed by atoms with Gasteiger partial charge in [0.1, 0.15) is 5.75 Å². The van der Waals surface area contributed by atoms with Crippen LogP contribution in [-0.4, -0.2) is 31.0 Å². The van der Waals surface area contributed by atoms with Gasteiger partial charge in [0.25, 0.3) is 0 Å². The monoisotopic (exact) mass is 451 g/mol. The molecular formula is C25H26BrNO2. The van der Waals surface area contributed by atoms with Crippen LogP contribution in [0.15, 0.2) is 65.1 Å². The van der Waals surface area contributed by atoms with E-state index in [1.807, 2.05) is 23.1 Å². The number of methoxy groups -OCH3 is 1. The highest BCUT2D eigenvalue weighted by Crippen LogP contribution is 2.31. The van der Waals surface area contributed by atoms with Crippen LogP contribution in [0.3, 0.4) is 0 Å². The molecule has 3 aromatic carbocycles. The van der Waals surface area contributed by atoms with Gasteiger partial charge in [0, 0.05) is 23.1 Å². The predicted octanol–water partition coefficient (Wildman–Crippen LogP) is 5.63. The molecule has 29 heavy (non-hydrogen) atoms. The number of ether oxygens (including phenoxy) is 1. The Balaban J connectivity index is 1.44.